The van der Waals surface area contributed by atoms with Crippen LogP contribution in [0.15, 0.2) is 18.3 Å². The molecular weight excluding hydrogens is 240 g/mol. The van der Waals surface area contributed by atoms with Crippen molar-refractivity contribution in [1.82, 2.24) is 15.2 Å². The quantitative estimate of drug-likeness (QED) is 0.821. The van der Waals surface area contributed by atoms with Crippen molar-refractivity contribution in [1.29, 1.82) is 0 Å². The number of rotatable bonds is 5. The Hall–Kier alpha value is -1.46. The molecule has 0 saturated carbocycles. The van der Waals surface area contributed by atoms with Crippen molar-refractivity contribution in [3.8, 4) is 0 Å². The van der Waals surface area contributed by atoms with Gasteiger partial charge in [-0.05, 0) is 44.5 Å². The number of nitrogens with zero attached hydrogens (tertiary/aromatic N) is 2. The molecule has 1 amide bonds. The lowest BCUT2D eigenvalue weighted by Gasteiger charge is -2.23. The molecule has 19 heavy (non-hydrogen) atoms. The molecule has 1 aliphatic rings. The van der Waals surface area contributed by atoms with Gasteiger partial charge in [0.05, 0.1) is 0 Å². The number of carbonyl (C=O) groups is 1. The van der Waals surface area contributed by atoms with Crippen LogP contribution in [0.4, 0.5) is 0 Å². The molecule has 0 spiro atoms. The molecule has 0 bridgehead atoms. The standard InChI is InChI=1S/C14H22N4O/c1-11(18-6-2-3-7-18)9-17-14(19)13-5-4-12(8-15)10-16-13/h4-5,10-11H,2-3,6-9,15H2,1H3,(H,17,19). The summed E-state index contributed by atoms with van der Waals surface area (Å²) in [5.41, 5.74) is 6.88. The van der Waals surface area contributed by atoms with E-state index >= 15 is 0 Å². The molecular formula is C14H22N4O. The monoisotopic (exact) mass is 262 g/mol. The Labute approximate surface area is 114 Å². The van der Waals surface area contributed by atoms with Crippen molar-refractivity contribution in [2.75, 3.05) is 19.6 Å². The molecule has 5 heteroatoms. The van der Waals surface area contributed by atoms with Crippen LogP contribution in [0.2, 0.25) is 0 Å². The van der Waals surface area contributed by atoms with Gasteiger partial charge in [0.15, 0.2) is 0 Å². The van der Waals surface area contributed by atoms with E-state index in [9.17, 15) is 4.79 Å². The van der Waals surface area contributed by atoms with E-state index in [2.05, 4.69) is 22.1 Å². The van der Waals surface area contributed by atoms with E-state index in [-0.39, 0.29) is 5.91 Å². The number of nitrogens with two attached hydrogens (primary N) is 1. The first-order valence-corrected chi connectivity index (χ1v) is 6.88. The highest BCUT2D eigenvalue weighted by molar-refractivity contribution is 5.92. The summed E-state index contributed by atoms with van der Waals surface area (Å²) >= 11 is 0. The van der Waals surface area contributed by atoms with Gasteiger partial charge in [-0.1, -0.05) is 6.07 Å². The van der Waals surface area contributed by atoms with Crippen LogP contribution in [-0.2, 0) is 6.54 Å². The number of hydrogen-bond acceptors (Lipinski definition) is 4. The van der Waals surface area contributed by atoms with E-state index in [1.165, 1.54) is 12.8 Å². The molecule has 5 nitrogen and oxygen atoms in total. The lowest BCUT2D eigenvalue weighted by Crippen LogP contribution is -2.40. The van der Waals surface area contributed by atoms with Crippen molar-refractivity contribution in [2.45, 2.75) is 32.4 Å². The molecule has 1 aromatic rings. The highest BCUT2D eigenvalue weighted by Gasteiger charge is 2.18. The van der Waals surface area contributed by atoms with E-state index in [1.54, 1.807) is 12.3 Å². The zero-order valence-electron chi connectivity index (χ0n) is 11.4. The van der Waals surface area contributed by atoms with Crippen LogP contribution in [0.5, 0.6) is 0 Å². The van der Waals surface area contributed by atoms with Crippen LogP contribution in [0, 0.1) is 0 Å². The van der Waals surface area contributed by atoms with Gasteiger partial charge in [-0.2, -0.15) is 0 Å². The van der Waals surface area contributed by atoms with E-state index in [0.717, 1.165) is 18.7 Å². The average molecular weight is 262 g/mol. The van der Waals surface area contributed by atoms with Crippen molar-refractivity contribution >= 4 is 5.91 Å². The predicted octanol–water partition coefficient (Wildman–Crippen LogP) is 0.754. The summed E-state index contributed by atoms with van der Waals surface area (Å²) in [5.74, 6) is -0.116. The maximum absolute atomic E-state index is 11.9. The molecule has 2 heterocycles. The number of hydrogen-bond donors (Lipinski definition) is 2. The normalized spacial score (nSPS) is 17.4. The highest BCUT2D eigenvalue weighted by atomic mass is 16.1. The minimum absolute atomic E-state index is 0.116. The second-order valence-electron chi connectivity index (χ2n) is 5.06. The zero-order chi connectivity index (χ0) is 13.7. The highest BCUT2D eigenvalue weighted by Crippen LogP contribution is 2.10. The summed E-state index contributed by atoms with van der Waals surface area (Å²) in [6, 6.07) is 3.94. The maximum atomic E-state index is 11.9. The summed E-state index contributed by atoms with van der Waals surface area (Å²) in [4.78, 5) is 18.5. The summed E-state index contributed by atoms with van der Waals surface area (Å²) in [7, 11) is 0. The first kappa shape index (κ1) is 14.0. The molecule has 1 fully saturated rings. The Morgan fingerprint density at radius 2 is 2.21 bits per heavy atom. The van der Waals surface area contributed by atoms with Gasteiger partial charge >= 0.3 is 0 Å². The van der Waals surface area contributed by atoms with Gasteiger partial charge < -0.3 is 11.1 Å². The fourth-order valence-electron chi connectivity index (χ4n) is 2.32. The fourth-order valence-corrected chi connectivity index (χ4v) is 2.32. The van der Waals surface area contributed by atoms with Crippen molar-refractivity contribution < 1.29 is 4.79 Å². The Morgan fingerprint density at radius 1 is 1.47 bits per heavy atom. The number of amides is 1. The zero-order valence-corrected chi connectivity index (χ0v) is 11.4. The van der Waals surface area contributed by atoms with E-state index in [1.807, 2.05) is 6.07 Å². The average Bonchev–Trinajstić information content (AvgIpc) is 2.98. The molecule has 104 valence electrons. The maximum Gasteiger partial charge on any atom is 0.269 e. The summed E-state index contributed by atoms with van der Waals surface area (Å²) < 4.78 is 0. The van der Waals surface area contributed by atoms with Gasteiger partial charge in [0.25, 0.3) is 5.91 Å². The van der Waals surface area contributed by atoms with E-state index in [0.29, 0.717) is 24.8 Å². The molecule has 0 aliphatic carbocycles. The smallest absolute Gasteiger partial charge is 0.269 e. The van der Waals surface area contributed by atoms with E-state index < -0.39 is 0 Å². The van der Waals surface area contributed by atoms with Crippen molar-refractivity contribution in [2.24, 2.45) is 5.73 Å². The minimum Gasteiger partial charge on any atom is -0.349 e. The van der Waals surface area contributed by atoms with Crippen molar-refractivity contribution in [3.63, 3.8) is 0 Å². The number of carbonyl (C=O) groups excluding carboxylic acids is 1. The van der Waals surface area contributed by atoms with Crippen LogP contribution in [0.25, 0.3) is 0 Å². The Bertz CT molecular complexity index is 412. The van der Waals surface area contributed by atoms with Crippen LogP contribution >= 0.6 is 0 Å². The van der Waals surface area contributed by atoms with Gasteiger partial charge in [-0.25, -0.2) is 0 Å². The van der Waals surface area contributed by atoms with Crippen LogP contribution in [0.1, 0.15) is 35.8 Å². The number of nitrogens with one attached hydrogen (secondary N) is 1. The van der Waals surface area contributed by atoms with Crippen LogP contribution in [0.3, 0.4) is 0 Å². The molecule has 0 aromatic carbocycles. The molecule has 1 saturated heterocycles. The van der Waals surface area contributed by atoms with E-state index in [4.69, 9.17) is 5.73 Å². The first-order valence-electron chi connectivity index (χ1n) is 6.88. The van der Waals surface area contributed by atoms with Crippen LogP contribution in [-0.4, -0.2) is 41.5 Å². The molecule has 1 aliphatic heterocycles. The third kappa shape index (κ3) is 3.75. The lowest BCUT2D eigenvalue weighted by molar-refractivity contribution is 0.0935. The van der Waals surface area contributed by atoms with Gasteiger partial charge in [0, 0.05) is 25.3 Å². The summed E-state index contributed by atoms with van der Waals surface area (Å²) in [6.45, 7) is 5.54. The van der Waals surface area contributed by atoms with Gasteiger partial charge in [-0.15, -0.1) is 0 Å². The van der Waals surface area contributed by atoms with Crippen molar-refractivity contribution in [3.05, 3.63) is 29.6 Å². The third-order valence-electron chi connectivity index (χ3n) is 3.62. The lowest BCUT2D eigenvalue weighted by atomic mass is 10.2. The summed E-state index contributed by atoms with van der Waals surface area (Å²) in [5, 5.41) is 2.94. The molecule has 3 N–H and O–H groups in total. The predicted molar refractivity (Wildman–Crippen MR) is 74.7 cm³/mol. The molecule has 0 radical (unpaired) electrons. The van der Waals surface area contributed by atoms with Gasteiger partial charge in [0.1, 0.15) is 5.69 Å². The fraction of sp³-hybridized carbons (Fsp3) is 0.571. The van der Waals surface area contributed by atoms with Crippen LogP contribution < -0.4 is 11.1 Å². The topological polar surface area (TPSA) is 71.2 Å². The molecule has 1 unspecified atom stereocenters. The first-order chi connectivity index (χ1) is 9.20. The summed E-state index contributed by atoms with van der Waals surface area (Å²) in [6.07, 6.45) is 4.18. The third-order valence-corrected chi connectivity index (χ3v) is 3.62. The van der Waals surface area contributed by atoms with Gasteiger partial charge in [-0.3, -0.25) is 14.7 Å². The molecule has 2 rings (SSSR count). The second kappa shape index (κ2) is 6.63. The number of pyridine rings is 1. The minimum atomic E-state index is -0.116. The number of aromatic nitrogens is 1. The SMILES string of the molecule is CC(CNC(=O)c1ccc(CN)cn1)N1CCCC1. The Morgan fingerprint density at radius 3 is 2.79 bits per heavy atom. The molecule has 1 aromatic heterocycles. The molecule has 1 atom stereocenters. The van der Waals surface area contributed by atoms with Gasteiger partial charge in [0.2, 0.25) is 0 Å². The largest absolute Gasteiger partial charge is 0.349 e. The Balaban J connectivity index is 1.82. The number of likely N-dealkylation sites (tertiary alicyclic amines) is 1. The second-order valence-corrected chi connectivity index (χ2v) is 5.06. The Kier molecular flexibility index (Phi) is 4.87.